The van der Waals surface area contributed by atoms with Crippen molar-refractivity contribution in [3.8, 4) is 17.0 Å². The van der Waals surface area contributed by atoms with Gasteiger partial charge in [0, 0.05) is 16.6 Å². The van der Waals surface area contributed by atoms with Crippen LogP contribution in [0.2, 0.25) is 0 Å². The van der Waals surface area contributed by atoms with E-state index < -0.39 is 0 Å². The van der Waals surface area contributed by atoms with Crippen LogP contribution in [0.25, 0.3) is 16.8 Å². The van der Waals surface area contributed by atoms with Crippen LogP contribution in [0.1, 0.15) is 16.1 Å². The van der Waals surface area contributed by atoms with Gasteiger partial charge >= 0.3 is 0 Å². The molecule has 0 radical (unpaired) electrons. The minimum Gasteiger partial charge on any atom is -0.510 e. The van der Waals surface area contributed by atoms with Gasteiger partial charge < -0.3 is 14.7 Å². The van der Waals surface area contributed by atoms with Crippen molar-refractivity contribution in [2.45, 2.75) is 13.8 Å². The largest absolute Gasteiger partial charge is 0.510 e. The summed E-state index contributed by atoms with van der Waals surface area (Å²) in [6, 6.07) is 13.8. The first-order valence-electron chi connectivity index (χ1n) is 8.93. The number of benzene rings is 2. The third-order valence-corrected chi connectivity index (χ3v) is 5.58. The Morgan fingerprint density at radius 1 is 1.11 bits per heavy atom. The molecule has 0 amide bonds. The number of nitrogens with one attached hydrogen (secondary N) is 1. The fraction of sp³-hybridized carbons (Fsp3) is 0.182. The number of aliphatic hydroxyl groups is 1. The summed E-state index contributed by atoms with van der Waals surface area (Å²) in [6.07, 6.45) is 0. The van der Waals surface area contributed by atoms with Crippen molar-refractivity contribution in [2.75, 3.05) is 18.6 Å². The molecule has 6 heteroatoms. The number of methoxy groups -OCH3 is 1. The van der Waals surface area contributed by atoms with Crippen LogP contribution in [0, 0.1) is 19.3 Å². The van der Waals surface area contributed by atoms with Crippen molar-refractivity contribution < 1.29 is 9.84 Å². The van der Waals surface area contributed by atoms with Crippen molar-refractivity contribution in [3.05, 3.63) is 69.7 Å². The maximum Gasteiger partial charge on any atom is 0.139 e. The summed E-state index contributed by atoms with van der Waals surface area (Å²) < 4.78 is 5.20. The zero-order valence-electron chi connectivity index (χ0n) is 16.0. The summed E-state index contributed by atoms with van der Waals surface area (Å²) in [5.74, 6) is 1.25. The molecular weight excluding hydrogens is 370 g/mol. The van der Waals surface area contributed by atoms with Crippen LogP contribution in [0.3, 0.4) is 0 Å². The SMILES string of the molecule is COc1ccc(-c2csc(C3=C(O)CN(c4cc(C)cc(C)c4)C3=N)n2)cc1. The lowest BCUT2D eigenvalue weighted by Crippen LogP contribution is -2.26. The molecule has 0 aliphatic carbocycles. The Balaban J connectivity index is 1.63. The Morgan fingerprint density at radius 2 is 1.79 bits per heavy atom. The average molecular weight is 391 g/mol. The minimum atomic E-state index is 0.180. The Labute approximate surface area is 168 Å². The van der Waals surface area contributed by atoms with E-state index in [9.17, 15) is 5.11 Å². The van der Waals surface area contributed by atoms with E-state index in [-0.39, 0.29) is 18.1 Å². The topological polar surface area (TPSA) is 69.4 Å². The van der Waals surface area contributed by atoms with E-state index >= 15 is 0 Å². The smallest absolute Gasteiger partial charge is 0.139 e. The van der Waals surface area contributed by atoms with E-state index in [0.717, 1.165) is 33.8 Å². The quantitative estimate of drug-likeness (QED) is 0.641. The highest BCUT2D eigenvalue weighted by Crippen LogP contribution is 2.35. The van der Waals surface area contributed by atoms with E-state index in [4.69, 9.17) is 10.1 Å². The highest BCUT2D eigenvalue weighted by Gasteiger charge is 2.31. The molecule has 4 rings (SSSR count). The van der Waals surface area contributed by atoms with Crippen LogP contribution in [0.15, 0.2) is 53.6 Å². The molecule has 5 nitrogen and oxygen atoms in total. The van der Waals surface area contributed by atoms with E-state index in [1.807, 2.05) is 60.5 Å². The number of rotatable bonds is 4. The van der Waals surface area contributed by atoms with Gasteiger partial charge in [-0.05, 0) is 61.4 Å². The normalized spacial score (nSPS) is 14.1. The van der Waals surface area contributed by atoms with E-state index in [0.29, 0.717) is 10.6 Å². The molecule has 2 aromatic carbocycles. The van der Waals surface area contributed by atoms with Crippen molar-refractivity contribution in [1.29, 1.82) is 5.41 Å². The number of hydrogen-bond acceptors (Lipinski definition) is 5. The van der Waals surface area contributed by atoms with Gasteiger partial charge in [0.2, 0.25) is 0 Å². The third-order valence-electron chi connectivity index (χ3n) is 4.73. The van der Waals surface area contributed by atoms with Crippen molar-refractivity contribution in [3.63, 3.8) is 0 Å². The molecular formula is C22H21N3O2S. The summed E-state index contributed by atoms with van der Waals surface area (Å²) in [5.41, 5.74) is 5.47. The molecule has 1 aliphatic heterocycles. The second-order valence-corrected chi connectivity index (χ2v) is 7.73. The van der Waals surface area contributed by atoms with Crippen LogP contribution >= 0.6 is 11.3 Å². The number of aryl methyl sites for hydroxylation is 2. The van der Waals surface area contributed by atoms with Gasteiger partial charge in [-0.15, -0.1) is 11.3 Å². The Morgan fingerprint density at radius 3 is 2.43 bits per heavy atom. The lowest BCUT2D eigenvalue weighted by Gasteiger charge is -2.19. The van der Waals surface area contributed by atoms with E-state index in [1.165, 1.54) is 11.3 Å². The highest BCUT2D eigenvalue weighted by molar-refractivity contribution is 7.11. The zero-order chi connectivity index (χ0) is 19.8. The van der Waals surface area contributed by atoms with E-state index in [1.54, 1.807) is 7.11 Å². The molecule has 28 heavy (non-hydrogen) atoms. The molecule has 1 aliphatic rings. The molecule has 3 aromatic rings. The maximum atomic E-state index is 10.6. The summed E-state index contributed by atoms with van der Waals surface area (Å²) in [7, 11) is 1.64. The number of aliphatic hydroxyl groups excluding tert-OH is 1. The second kappa shape index (κ2) is 7.13. The molecule has 0 saturated heterocycles. The highest BCUT2D eigenvalue weighted by atomic mass is 32.1. The lowest BCUT2D eigenvalue weighted by atomic mass is 10.1. The Hall–Kier alpha value is -3.12. The van der Waals surface area contributed by atoms with E-state index in [2.05, 4.69) is 11.1 Å². The summed E-state index contributed by atoms with van der Waals surface area (Å²) in [6.45, 7) is 4.35. The minimum absolute atomic E-state index is 0.180. The van der Waals surface area contributed by atoms with Crippen LogP contribution in [-0.4, -0.2) is 29.6 Å². The van der Waals surface area contributed by atoms with Gasteiger partial charge in [0.15, 0.2) is 0 Å². The molecule has 1 aromatic heterocycles. The van der Waals surface area contributed by atoms with Crippen molar-refractivity contribution in [1.82, 2.24) is 4.98 Å². The number of thiazole rings is 1. The predicted octanol–water partition coefficient (Wildman–Crippen LogP) is 5.20. The Kier molecular flexibility index (Phi) is 4.65. The summed E-state index contributed by atoms with van der Waals surface area (Å²) in [4.78, 5) is 6.49. The van der Waals surface area contributed by atoms with Crippen molar-refractivity contribution >= 4 is 28.4 Å². The molecule has 0 fully saturated rings. The van der Waals surface area contributed by atoms with Gasteiger partial charge in [0.1, 0.15) is 22.4 Å². The molecule has 2 N–H and O–H groups in total. The van der Waals surface area contributed by atoms with Gasteiger partial charge in [0.25, 0.3) is 0 Å². The molecule has 0 unspecified atom stereocenters. The van der Waals surface area contributed by atoms with Crippen LogP contribution in [-0.2, 0) is 0 Å². The van der Waals surface area contributed by atoms with Gasteiger partial charge in [-0.1, -0.05) is 6.07 Å². The number of ether oxygens (including phenoxy) is 1. The molecule has 0 bridgehead atoms. The fourth-order valence-corrected chi connectivity index (χ4v) is 4.31. The molecule has 2 heterocycles. The first-order valence-corrected chi connectivity index (χ1v) is 9.81. The first-order chi connectivity index (χ1) is 13.5. The fourth-order valence-electron chi connectivity index (χ4n) is 3.41. The standard InChI is InChI=1S/C22H21N3O2S/c1-13-8-14(2)10-16(9-13)25-11-19(26)20(21(25)23)22-24-18(12-28-22)15-4-6-17(27-3)7-5-15/h4-10,12,23,26H,11H2,1-3H3. The third kappa shape index (κ3) is 3.27. The van der Waals surface area contributed by atoms with Gasteiger partial charge in [-0.2, -0.15) is 0 Å². The number of aromatic nitrogens is 1. The summed E-state index contributed by atoms with van der Waals surface area (Å²) in [5, 5.41) is 21.8. The van der Waals surface area contributed by atoms with Crippen LogP contribution in [0.5, 0.6) is 5.75 Å². The summed E-state index contributed by atoms with van der Waals surface area (Å²) >= 11 is 1.43. The zero-order valence-corrected chi connectivity index (χ0v) is 16.8. The molecule has 0 spiro atoms. The van der Waals surface area contributed by atoms with Gasteiger partial charge in [-0.25, -0.2) is 4.98 Å². The Bertz CT molecular complexity index is 1060. The van der Waals surface area contributed by atoms with Crippen LogP contribution in [0.4, 0.5) is 5.69 Å². The number of anilines is 1. The van der Waals surface area contributed by atoms with Crippen LogP contribution < -0.4 is 9.64 Å². The monoisotopic (exact) mass is 391 g/mol. The van der Waals surface area contributed by atoms with Crippen molar-refractivity contribution in [2.24, 2.45) is 0 Å². The lowest BCUT2D eigenvalue weighted by molar-refractivity contribution is 0.411. The molecule has 142 valence electrons. The number of hydrogen-bond donors (Lipinski definition) is 2. The number of nitrogens with zero attached hydrogens (tertiary/aromatic N) is 2. The van der Waals surface area contributed by atoms with Gasteiger partial charge in [0.05, 0.1) is 24.9 Å². The first kappa shape index (κ1) is 18.3. The predicted molar refractivity (Wildman–Crippen MR) is 115 cm³/mol. The second-order valence-electron chi connectivity index (χ2n) is 6.87. The number of amidine groups is 1. The maximum absolute atomic E-state index is 10.6. The average Bonchev–Trinajstić information content (AvgIpc) is 3.25. The molecule has 0 atom stereocenters. The molecule has 0 saturated carbocycles. The van der Waals surface area contributed by atoms with Gasteiger partial charge in [-0.3, -0.25) is 5.41 Å².